The zero-order valence-corrected chi connectivity index (χ0v) is 30.7. The second-order valence-electron chi connectivity index (χ2n) is 0.894. The molecule has 0 saturated carbocycles. The van der Waals surface area contributed by atoms with Crippen molar-refractivity contribution in [1.29, 1.82) is 0 Å². The number of hydrogen-bond donors (Lipinski definition) is 0. The molecule has 186 valence electrons. The van der Waals surface area contributed by atoms with Crippen LogP contribution in [0.25, 0.3) is 0 Å². The molecule has 10 radical (unpaired) electrons. The van der Waals surface area contributed by atoms with Gasteiger partial charge in [-0.05, 0) is 0 Å². The van der Waals surface area contributed by atoms with E-state index >= 15 is 0 Å². The van der Waals surface area contributed by atoms with Gasteiger partial charge in [0.1, 0.15) is 0 Å². The molecule has 0 atom stereocenters. The minimum atomic E-state index is -1.75. The summed E-state index contributed by atoms with van der Waals surface area (Å²) in [5.74, 6) is 0. The van der Waals surface area contributed by atoms with Crippen molar-refractivity contribution in [3.63, 3.8) is 0 Å². The molecule has 0 amide bonds. The summed E-state index contributed by atoms with van der Waals surface area (Å²) in [6, 6.07) is 0. The van der Waals surface area contributed by atoms with Crippen molar-refractivity contribution >= 4 is 130 Å². The Morgan fingerprint density at radius 2 is 0.323 bits per heavy atom. The standard InChI is InChI=1S/5Bi.4NO3.9H2O.O/c;;;;;4*2-1(3)4;;;;;;;;;;/h;;;;;;;;;9*1H2;/q+1;4*+3;4*-1;;;;;;;;;;/p-9. The summed E-state index contributed by atoms with van der Waals surface area (Å²) in [5.41, 5.74) is 0. The molecule has 0 aromatic rings. The van der Waals surface area contributed by atoms with E-state index in [0.717, 1.165) is 0 Å². The first kappa shape index (κ1) is 160. The molecular weight excluding hydrogens is 1450 g/mol. The van der Waals surface area contributed by atoms with Gasteiger partial charge in [0.2, 0.25) is 0 Å². The van der Waals surface area contributed by atoms with Gasteiger partial charge in [-0.25, -0.2) is 0 Å². The van der Waals surface area contributed by atoms with Crippen molar-refractivity contribution < 1.29 is 72.4 Å². The van der Waals surface area contributed by atoms with E-state index in [-0.39, 0.29) is 179 Å². The minimum absolute atomic E-state index is 0. The normalized spacial score (nSPS) is 3.23. The Hall–Kier alpha value is 0.656. The fraction of sp³-hybridized carbons (Fsp3) is 0. The molecule has 0 heterocycles. The van der Waals surface area contributed by atoms with Crippen LogP contribution in [0.2, 0.25) is 0 Å². The van der Waals surface area contributed by atoms with Gasteiger partial charge in [0.25, 0.3) is 0 Å². The van der Waals surface area contributed by atoms with Gasteiger partial charge in [-0.2, -0.15) is 0 Å². The molecule has 0 rings (SSSR count). The summed E-state index contributed by atoms with van der Waals surface area (Å²) in [5, 5.41) is 59.0. The monoisotopic (exact) mass is 1460 g/mol. The summed E-state index contributed by atoms with van der Waals surface area (Å²) in [7, 11) is 0. The van der Waals surface area contributed by atoms with Crippen molar-refractivity contribution in [2.45, 2.75) is 0 Å². The Morgan fingerprint density at radius 1 is 0.323 bits per heavy atom. The van der Waals surface area contributed by atoms with Gasteiger partial charge in [-0.1, -0.05) is 0 Å². The van der Waals surface area contributed by atoms with Crippen LogP contribution in [0.5, 0.6) is 0 Å². The molecule has 0 aliphatic carbocycles. The zero-order chi connectivity index (χ0) is 16.3. The molecule has 0 saturated heterocycles. The van der Waals surface area contributed by atoms with E-state index in [9.17, 15) is 0 Å². The molecule has 0 aromatic heterocycles. The number of rotatable bonds is 0. The van der Waals surface area contributed by atoms with Crippen LogP contribution in [-0.2, 0) is 2.81 Å². The van der Waals surface area contributed by atoms with Crippen LogP contribution in [0.1, 0.15) is 0 Å². The van der Waals surface area contributed by atoms with Gasteiger partial charge < -0.3 is 111 Å². The molecule has 0 aliphatic rings. The van der Waals surface area contributed by atoms with Gasteiger partial charge in [-0.15, -0.1) is 0 Å². The summed E-state index contributed by atoms with van der Waals surface area (Å²) >= 11 is 0.194. The third-order valence-electron chi connectivity index (χ3n) is 0. The van der Waals surface area contributed by atoms with Gasteiger partial charge in [-0.3, -0.25) is 0 Å². The van der Waals surface area contributed by atoms with E-state index in [1.807, 2.05) is 0 Å². The van der Waals surface area contributed by atoms with Crippen molar-refractivity contribution in [1.82, 2.24) is 0 Å². The van der Waals surface area contributed by atoms with Gasteiger partial charge >= 0.3 is 132 Å². The van der Waals surface area contributed by atoms with Crippen molar-refractivity contribution in [2.75, 3.05) is 0 Å². The first-order valence-electron chi connectivity index (χ1n) is 2.37. The summed E-state index contributed by atoms with van der Waals surface area (Å²) < 4.78 is 8.36. The molecule has 9 N–H and O–H groups in total. The van der Waals surface area contributed by atoms with E-state index in [0.29, 0.717) is 0 Å². The molecule has 31 heavy (non-hydrogen) atoms. The third-order valence-corrected chi connectivity index (χ3v) is 0. The molecule has 0 bridgehead atoms. The first-order valence-corrected chi connectivity index (χ1v) is 3.79. The molecule has 0 fully saturated rings. The van der Waals surface area contributed by atoms with Crippen LogP contribution in [0.4, 0.5) is 0 Å². The van der Waals surface area contributed by atoms with Crippen LogP contribution in [0, 0.1) is 61.3 Å². The van der Waals surface area contributed by atoms with Gasteiger partial charge in [0.05, 0.1) is 20.3 Å². The molecule has 31 heteroatoms. The molecule has 0 aromatic carbocycles. The van der Waals surface area contributed by atoms with E-state index in [1.165, 1.54) is 0 Å². The Bertz CT molecular complexity index is 188. The summed E-state index contributed by atoms with van der Waals surface area (Å²) in [4.78, 5) is 33.0. The van der Waals surface area contributed by atoms with Crippen molar-refractivity contribution in [3.8, 4) is 0 Å². The second kappa shape index (κ2) is 168. The second-order valence-corrected chi connectivity index (χ2v) is 0.894. The molecule has 0 unspecified atom stereocenters. The fourth-order valence-electron chi connectivity index (χ4n) is 0. The average Bonchev–Trinajstić information content (AvgIpc) is 2.01. The van der Waals surface area contributed by atoms with Crippen molar-refractivity contribution in [2.24, 2.45) is 0 Å². The summed E-state index contributed by atoms with van der Waals surface area (Å²) in [6.45, 7) is 0. The molecule has 26 nitrogen and oxygen atoms in total. The quantitative estimate of drug-likeness (QED) is 0.125. The third kappa shape index (κ3) is 58600. The Morgan fingerprint density at radius 3 is 0.323 bits per heavy atom. The maximum absolute atomic E-state index is 8.36. The Labute approximate surface area is 260 Å². The van der Waals surface area contributed by atoms with Gasteiger partial charge in [0, 0.05) is 0 Å². The number of nitrogens with zero attached hydrogens (tertiary/aromatic N) is 4. The summed E-state index contributed by atoms with van der Waals surface area (Å²) in [6.07, 6.45) is 0. The maximum atomic E-state index is 8.36. The predicted octanol–water partition coefficient (Wildman–Crippen LogP) is -4.57. The topological polar surface area (TPSA) is 552 Å². The Kier molecular flexibility index (Phi) is 866. The molecule has 0 aliphatic heterocycles. The SMILES string of the molecule is O=[N+]([O-])[O-].O=[N+]([O-])[O-].O=[N+]([O-])[O-].O=[N+]([O-])[O-].[Bi+3].[Bi+3].[Bi+3].[Bi+3].[OH-].[OH-].[OH-].[OH-].[OH-].[OH-].[OH-].[OH-].[OH-].[O]=[Bi+]. The van der Waals surface area contributed by atoms with E-state index in [4.69, 9.17) is 64.1 Å². The van der Waals surface area contributed by atoms with Crippen molar-refractivity contribution in [3.05, 3.63) is 61.3 Å². The van der Waals surface area contributed by atoms with Crippen LogP contribution in [0.15, 0.2) is 0 Å². The van der Waals surface area contributed by atoms with Crippen LogP contribution < -0.4 is 0 Å². The predicted molar refractivity (Wildman–Crippen MR) is 88.3 cm³/mol. The van der Waals surface area contributed by atoms with E-state index in [2.05, 4.69) is 0 Å². The Balaban J connectivity index is -0.00000000389. The molecule has 0 spiro atoms. The average molecular weight is 1460 g/mol. The first-order chi connectivity index (χ1) is 7.93. The van der Waals surface area contributed by atoms with Crippen LogP contribution in [-0.4, -0.2) is 199 Å². The molecular formula is H9Bi5N4O22. The fourth-order valence-corrected chi connectivity index (χ4v) is 0. The van der Waals surface area contributed by atoms with E-state index < -0.39 is 20.3 Å². The number of hydrogen-bond acceptors (Lipinski definition) is 22. The van der Waals surface area contributed by atoms with Crippen LogP contribution >= 0.6 is 0 Å². The van der Waals surface area contributed by atoms with Crippen LogP contribution in [0.3, 0.4) is 0 Å². The zero-order valence-electron chi connectivity index (χ0n) is 13.4. The van der Waals surface area contributed by atoms with Gasteiger partial charge in [0.15, 0.2) is 0 Å². The van der Waals surface area contributed by atoms with E-state index in [1.54, 1.807) is 0 Å².